The van der Waals surface area contributed by atoms with E-state index in [0.29, 0.717) is 62.9 Å². The van der Waals surface area contributed by atoms with Crippen LogP contribution >= 0.6 is 0 Å². The summed E-state index contributed by atoms with van der Waals surface area (Å²) in [5.74, 6) is -0.404. The van der Waals surface area contributed by atoms with Crippen LogP contribution in [0.2, 0.25) is 0 Å². The normalized spacial score (nSPS) is 10.6. The number of carbonyl (C=O) groups is 3. The molecular weight excluding hydrogens is 388 g/mol. The van der Waals surface area contributed by atoms with Crippen LogP contribution in [0, 0.1) is 5.92 Å². The van der Waals surface area contributed by atoms with Crippen LogP contribution in [0.4, 0.5) is 11.4 Å². The number of carbonyl (C=O) groups excluding carboxylic acids is 2. The zero-order chi connectivity index (χ0) is 22.5. The maximum atomic E-state index is 11.6. The minimum atomic E-state index is -0.844. The van der Waals surface area contributed by atoms with E-state index < -0.39 is 5.97 Å². The molecule has 0 saturated heterocycles. The second-order valence-corrected chi connectivity index (χ2v) is 7.46. The average Bonchev–Trinajstić information content (AvgIpc) is 2.65. The van der Waals surface area contributed by atoms with Crippen LogP contribution in [-0.4, -0.2) is 49.3 Å². The van der Waals surface area contributed by atoms with Gasteiger partial charge in [-0.3, -0.25) is 14.4 Å². The second-order valence-electron chi connectivity index (χ2n) is 7.46. The van der Waals surface area contributed by atoms with Crippen molar-refractivity contribution >= 4 is 29.2 Å². The number of nitrogens with zero attached hydrogens (tertiary/aromatic N) is 1. The first-order chi connectivity index (χ1) is 14.2. The lowest BCUT2D eigenvalue weighted by Crippen LogP contribution is -2.27. The molecule has 0 aromatic heterocycles. The van der Waals surface area contributed by atoms with Gasteiger partial charge in [-0.1, -0.05) is 13.8 Å². The van der Waals surface area contributed by atoms with Gasteiger partial charge in [0.25, 0.3) is 0 Å². The van der Waals surface area contributed by atoms with Crippen LogP contribution in [0.3, 0.4) is 0 Å². The third-order valence-corrected chi connectivity index (χ3v) is 4.15. The molecule has 1 aromatic rings. The topological polar surface area (TPSA) is 105 Å². The quantitative estimate of drug-likeness (QED) is 0.441. The molecule has 2 N–H and O–H groups in total. The summed E-state index contributed by atoms with van der Waals surface area (Å²) in [5.41, 5.74) is 1.43. The van der Waals surface area contributed by atoms with Gasteiger partial charge in [-0.25, -0.2) is 0 Å². The highest BCUT2D eigenvalue weighted by atomic mass is 16.5. The highest BCUT2D eigenvalue weighted by Gasteiger charge is 2.14. The van der Waals surface area contributed by atoms with Crippen LogP contribution in [-0.2, 0) is 19.1 Å². The summed E-state index contributed by atoms with van der Waals surface area (Å²) in [5, 5.41) is 11.7. The van der Waals surface area contributed by atoms with Gasteiger partial charge < -0.3 is 24.8 Å². The molecule has 8 nitrogen and oxygen atoms in total. The summed E-state index contributed by atoms with van der Waals surface area (Å²) in [4.78, 5) is 36.1. The SMILES string of the molecule is CCOC(=O)CCCN(CCCC(=O)O)c1ccc(NC(C)=O)c(OCC(C)C)c1. The number of hydrogen-bond donors (Lipinski definition) is 2. The highest BCUT2D eigenvalue weighted by Crippen LogP contribution is 2.31. The molecule has 1 amide bonds. The van der Waals surface area contributed by atoms with Gasteiger partial charge in [-0.2, -0.15) is 0 Å². The Morgan fingerprint density at radius 1 is 1.13 bits per heavy atom. The van der Waals surface area contributed by atoms with E-state index in [2.05, 4.69) is 5.32 Å². The molecule has 30 heavy (non-hydrogen) atoms. The molecule has 168 valence electrons. The van der Waals surface area contributed by atoms with E-state index in [1.54, 1.807) is 13.0 Å². The summed E-state index contributed by atoms with van der Waals surface area (Å²) in [6, 6.07) is 5.49. The zero-order valence-electron chi connectivity index (χ0n) is 18.4. The van der Waals surface area contributed by atoms with Crippen molar-refractivity contribution in [3.05, 3.63) is 18.2 Å². The number of amides is 1. The molecule has 0 bridgehead atoms. The minimum Gasteiger partial charge on any atom is -0.491 e. The summed E-state index contributed by atoms with van der Waals surface area (Å²) in [7, 11) is 0. The van der Waals surface area contributed by atoms with Gasteiger partial charge in [-0.15, -0.1) is 0 Å². The third kappa shape index (κ3) is 10.1. The lowest BCUT2D eigenvalue weighted by molar-refractivity contribution is -0.143. The Morgan fingerprint density at radius 3 is 2.37 bits per heavy atom. The van der Waals surface area contributed by atoms with Crippen molar-refractivity contribution in [2.24, 2.45) is 5.92 Å². The number of carboxylic acids is 1. The van der Waals surface area contributed by atoms with Gasteiger partial charge in [0.15, 0.2) is 0 Å². The molecule has 1 aromatic carbocycles. The van der Waals surface area contributed by atoms with Gasteiger partial charge in [0.2, 0.25) is 5.91 Å². The fourth-order valence-electron chi connectivity index (χ4n) is 2.82. The third-order valence-electron chi connectivity index (χ3n) is 4.15. The summed E-state index contributed by atoms with van der Waals surface area (Å²) in [6.45, 7) is 9.23. The number of rotatable bonds is 14. The molecule has 0 heterocycles. The van der Waals surface area contributed by atoms with Crippen molar-refractivity contribution in [3.8, 4) is 5.75 Å². The van der Waals surface area contributed by atoms with Crippen molar-refractivity contribution in [2.75, 3.05) is 36.5 Å². The molecule has 0 spiro atoms. The lowest BCUT2D eigenvalue weighted by atomic mass is 10.2. The Kier molecular flexibility index (Phi) is 11.3. The molecule has 0 radical (unpaired) electrons. The molecule has 0 saturated carbocycles. The molecule has 0 aliphatic heterocycles. The molecule has 8 heteroatoms. The Balaban J connectivity index is 2.99. The Labute approximate surface area is 178 Å². The predicted octanol–water partition coefficient (Wildman–Crippen LogP) is 3.69. The van der Waals surface area contributed by atoms with E-state index in [0.717, 1.165) is 5.69 Å². The minimum absolute atomic E-state index is 0.0645. The molecular formula is C22H34N2O6. The van der Waals surface area contributed by atoms with Crippen LogP contribution in [0.1, 0.15) is 53.4 Å². The van der Waals surface area contributed by atoms with E-state index in [1.165, 1.54) is 6.92 Å². The predicted molar refractivity (Wildman–Crippen MR) is 116 cm³/mol. The Morgan fingerprint density at radius 2 is 1.80 bits per heavy atom. The van der Waals surface area contributed by atoms with Crippen LogP contribution in [0.25, 0.3) is 0 Å². The number of esters is 1. The van der Waals surface area contributed by atoms with Crippen LogP contribution in [0.5, 0.6) is 5.75 Å². The fraction of sp³-hybridized carbons (Fsp3) is 0.591. The van der Waals surface area contributed by atoms with E-state index >= 15 is 0 Å². The van der Waals surface area contributed by atoms with E-state index in [4.69, 9.17) is 14.6 Å². The summed E-state index contributed by atoms with van der Waals surface area (Å²) >= 11 is 0. The Hall–Kier alpha value is -2.77. The average molecular weight is 423 g/mol. The van der Waals surface area contributed by atoms with E-state index in [-0.39, 0.29) is 18.3 Å². The van der Waals surface area contributed by atoms with Crippen LogP contribution in [0.15, 0.2) is 18.2 Å². The molecule has 0 aliphatic carbocycles. The van der Waals surface area contributed by atoms with Crippen molar-refractivity contribution in [1.29, 1.82) is 0 Å². The van der Waals surface area contributed by atoms with Crippen molar-refractivity contribution < 1.29 is 29.0 Å². The summed E-state index contributed by atoms with van der Waals surface area (Å²) < 4.78 is 10.9. The van der Waals surface area contributed by atoms with Crippen molar-refractivity contribution in [2.45, 2.75) is 53.4 Å². The first kappa shape index (κ1) is 25.3. The zero-order valence-corrected chi connectivity index (χ0v) is 18.4. The summed E-state index contributed by atoms with van der Waals surface area (Å²) in [6.07, 6.45) is 1.42. The fourth-order valence-corrected chi connectivity index (χ4v) is 2.82. The maximum absolute atomic E-state index is 11.6. The highest BCUT2D eigenvalue weighted by molar-refractivity contribution is 5.90. The molecule has 1 rings (SSSR count). The number of hydrogen-bond acceptors (Lipinski definition) is 6. The molecule has 0 aliphatic rings. The standard InChI is InChI=1S/C22H34N2O6/c1-5-29-22(28)9-7-13-24(12-6-8-21(26)27)18-10-11-19(23-17(4)25)20(14-18)30-15-16(2)3/h10-11,14,16H,5-9,12-13,15H2,1-4H3,(H,23,25)(H,26,27). The first-order valence-corrected chi connectivity index (χ1v) is 10.4. The first-order valence-electron chi connectivity index (χ1n) is 10.4. The molecule has 0 atom stereocenters. The number of anilines is 2. The van der Waals surface area contributed by atoms with E-state index in [9.17, 15) is 14.4 Å². The molecule has 0 fully saturated rings. The van der Waals surface area contributed by atoms with Crippen molar-refractivity contribution in [1.82, 2.24) is 0 Å². The lowest BCUT2D eigenvalue weighted by Gasteiger charge is -2.26. The second kappa shape index (κ2) is 13.5. The van der Waals surface area contributed by atoms with Gasteiger partial charge in [0.05, 0.1) is 18.9 Å². The molecule has 0 unspecified atom stereocenters. The Bertz CT molecular complexity index is 705. The van der Waals surface area contributed by atoms with Gasteiger partial charge in [0.1, 0.15) is 5.75 Å². The van der Waals surface area contributed by atoms with E-state index in [1.807, 2.05) is 30.9 Å². The number of carboxylic acid groups (broad SMARTS) is 1. The maximum Gasteiger partial charge on any atom is 0.305 e. The van der Waals surface area contributed by atoms with Gasteiger partial charge in [0, 0.05) is 44.6 Å². The number of nitrogens with one attached hydrogen (secondary N) is 1. The van der Waals surface area contributed by atoms with Gasteiger partial charge >= 0.3 is 11.9 Å². The number of ether oxygens (including phenoxy) is 2. The number of aliphatic carboxylic acids is 1. The van der Waals surface area contributed by atoms with Crippen LogP contribution < -0.4 is 15.0 Å². The van der Waals surface area contributed by atoms with Crippen molar-refractivity contribution in [3.63, 3.8) is 0 Å². The van der Waals surface area contributed by atoms with Gasteiger partial charge in [-0.05, 0) is 37.8 Å². The monoisotopic (exact) mass is 422 g/mol. The largest absolute Gasteiger partial charge is 0.491 e. The number of benzene rings is 1. The smallest absolute Gasteiger partial charge is 0.305 e.